The lowest BCUT2D eigenvalue weighted by atomic mass is 10.1. The van der Waals surface area contributed by atoms with Crippen molar-refractivity contribution < 1.29 is 19.0 Å². The molecule has 1 aliphatic carbocycles. The van der Waals surface area contributed by atoms with Gasteiger partial charge in [-0.1, -0.05) is 6.07 Å². The highest BCUT2D eigenvalue weighted by atomic mass is 16.5. The number of rotatable bonds is 6. The van der Waals surface area contributed by atoms with Crippen molar-refractivity contribution in [2.45, 2.75) is 31.7 Å². The van der Waals surface area contributed by atoms with E-state index in [0.29, 0.717) is 31.1 Å². The first-order valence-electron chi connectivity index (χ1n) is 6.83. The van der Waals surface area contributed by atoms with E-state index in [0.717, 1.165) is 5.56 Å². The summed E-state index contributed by atoms with van der Waals surface area (Å²) in [5, 5.41) is 0. The van der Waals surface area contributed by atoms with Gasteiger partial charge in [0.05, 0.1) is 20.3 Å². The van der Waals surface area contributed by atoms with E-state index < -0.39 is 5.54 Å². The van der Waals surface area contributed by atoms with E-state index in [1.807, 2.05) is 25.1 Å². The molecule has 1 saturated carbocycles. The molecular formula is C15H21NO4. The Morgan fingerprint density at radius 3 is 2.70 bits per heavy atom. The van der Waals surface area contributed by atoms with Crippen molar-refractivity contribution in [2.24, 2.45) is 5.73 Å². The molecule has 2 unspecified atom stereocenters. The Kier molecular flexibility index (Phi) is 4.18. The number of carbonyl (C=O) groups excluding carboxylic acids is 1. The Morgan fingerprint density at radius 2 is 2.10 bits per heavy atom. The average Bonchev–Trinajstić information content (AvgIpc) is 3.13. The van der Waals surface area contributed by atoms with Crippen LogP contribution < -0.4 is 15.2 Å². The lowest BCUT2D eigenvalue weighted by Crippen LogP contribution is -2.36. The number of nitrogens with two attached hydrogens (primary N) is 1. The maximum atomic E-state index is 11.8. The Bertz CT molecular complexity index is 503. The van der Waals surface area contributed by atoms with Crippen molar-refractivity contribution in [3.8, 4) is 11.5 Å². The lowest BCUT2D eigenvalue weighted by Gasteiger charge is -2.13. The van der Waals surface area contributed by atoms with Crippen LogP contribution in [0.2, 0.25) is 0 Å². The van der Waals surface area contributed by atoms with Gasteiger partial charge in [0.25, 0.3) is 0 Å². The summed E-state index contributed by atoms with van der Waals surface area (Å²) >= 11 is 0. The summed E-state index contributed by atoms with van der Waals surface area (Å²) < 4.78 is 15.8. The van der Waals surface area contributed by atoms with Crippen LogP contribution in [-0.4, -0.2) is 31.8 Å². The first-order chi connectivity index (χ1) is 9.56. The van der Waals surface area contributed by atoms with Crippen LogP contribution in [0, 0.1) is 0 Å². The SMILES string of the molecule is CCOC(=O)C1(N)CC1c1ccc(OCC)c(OC)c1. The third kappa shape index (κ3) is 2.58. The van der Waals surface area contributed by atoms with Gasteiger partial charge in [0.15, 0.2) is 11.5 Å². The van der Waals surface area contributed by atoms with Crippen molar-refractivity contribution in [2.75, 3.05) is 20.3 Å². The number of benzene rings is 1. The van der Waals surface area contributed by atoms with E-state index in [9.17, 15) is 4.79 Å². The molecule has 1 aromatic rings. The predicted octanol–water partition coefficient (Wildman–Crippen LogP) is 1.84. The first kappa shape index (κ1) is 14.7. The molecule has 2 rings (SSSR count). The Labute approximate surface area is 119 Å². The smallest absolute Gasteiger partial charge is 0.326 e. The van der Waals surface area contributed by atoms with Crippen molar-refractivity contribution in [1.82, 2.24) is 0 Å². The van der Waals surface area contributed by atoms with Gasteiger partial charge in [-0.3, -0.25) is 4.79 Å². The van der Waals surface area contributed by atoms with Crippen LogP contribution >= 0.6 is 0 Å². The molecule has 0 aliphatic heterocycles. The second-order valence-electron chi connectivity index (χ2n) is 4.86. The van der Waals surface area contributed by atoms with E-state index in [4.69, 9.17) is 19.9 Å². The van der Waals surface area contributed by atoms with Crippen LogP contribution in [0.1, 0.15) is 31.7 Å². The fourth-order valence-corrected chi connectivity index (χ4v) is 2.36. The van der Waals surface area contributed by atoms with Crippen LogP contribution in [-0.2, 0) is 9.53 Å². The molecule has 5 nitrogen and oxygen atoms in total. The molecule has 1 aliphatic rings. The highest BCUT2D eigenvalue weighted by Gasteiger charge is 2.59. The van der Waals surface area contributed by atoms with Gasteiger partial charge in [-0.2, -0.15) is 0 Å². The van der Waals surface area contributed by atoms with Gasteiger partial charge in [-0.05, 0) is 38.0 Å². The average molecular weight is 279 g/mol. The van der Waals surface area contributed by atoms with Gasteiger partial charge in [-0.15, -0.1) is 0 Å². The molecule has 0 saturated heterocycles. The summed E-state index contributed by atoms with van der Waals surface area (Å²) in [5.41, 5.74) is 6.17. The van der Waals surface area contributed by atoms with E-state index in [1.165, 1.54) is 0 Å². The minimum absolute atomic E-state index is 0.0221. The second kappa shape index (κ2) is 5.71. The van der Waals surface area contributed by atoms with Gasteiger partial charge in [0, 0.05) is 5.92 Å². The molecule has 1 aromatic carbocycles. The van der Waals surface area contributed by atoms with Crippen molar-refractivity contribution in [1.29, 1.82) is 0 Å². The molecule has 0 aromatic heterocycles. The molecule has 0 amide bonds. The maximum absolute atomic E-state index is 11.8. The number of esters is 1. The zero-order valence-electron chi connectivity index (χ0n) is 12.1. The predicted molar refractivity (Wildman–Crippen MR) is 75.1 cm³/mol. The fourth-order valence-electron chi connectivity index (χ4n) is 2.36. The number of hydrogen-bond donors (Lipinski definition) is 1. The molecule has 110 valence electrons. The molecule has 0 spiro atoms. The first-order valence-corrected chi connectivity index (χ1v) is 6.83. The molecule has 0 heterocycles. The number of hydrogen-bond acceptors (Lipinski definition) is 5. The Morgan fingerprint density at radius 1 is 1.35 bits per heavy atom. The topological polar surface area (TPSA) is 70.8 Å². The number of carbonyl (C=O) groups is 1. The third-order valence-electron chi connectivity index (χ3n) is 3.55. The quantitative estimate of drug-likeness (QED) is 0.805. The van der Waals surface area contributed by atoms with Gasteiger partial charge < -0.3 is 19.9 Å². The van der Waals surface area contributed by atoms with Gasteiger partial charge in [0.2, 0.25) is 0 Å². The van der Waals surface area contributed by atoms with Crippen molar-refractivity contribution in [3.05, 3.63) is 23.8 Å². The van der Waals surface area contributed by atoms with Crippen molar-refractivity contribution in [3.63, 3.8) is 0 Å². The maximum Gasteiger partial charge on any atom is 0.326 e. The molecule has 5 heteroatoms. The highest BCUT2D eigenvalue weighted by molar-refractivity contribution is 5.86. The van der Waals surface area contributed by atoms with Crippen LogP contribution in [0.5, 0.6) is 11.5 Å². The second-order valence-corrected chi connectivity index (χ2v) is 4.86. The normalized spacial score (nSPS) is 24.1. The van der Waals surface area contributed by atoms with E-state index in [-0.39, 0.29) is 11.9 Å². The standard InChI is InChI=1S/C15H21NO4/c1-4-19-12-7-6-10(8-13(12)18-3)11-9-15(11,16)14(17)20-5-2/h6-8,11H,4-5,9,16H2,1-3H3. The van der Waals surface area contributed by atoms with Crippen LogP contribution in [0.4, 0.5) is 0 Å². The van der Waals surface area contributed by atoms with Crippen molar-refractivity contribution >= 4 is 5.97 Å². The molecular weight excluding hydrogens is 258 g/mol. The monoisotopic (exact) mass is 279 g/mol. The summed E-state index contributed by atoms with van der Waals surface area (Å²) in [6, 6.07) is 5.65. The summed E-state index contributed by atoms with van der Waals surface area (Å²) in [5.74, 6) is 0.990. The molecule has 0 bridgehead atoms. The van der Waals surface area contributed by atoms with Gasteiger partial charge in [-0.25, -0.2) is 0 Å². The largest absolute Gasteiger partial charge is 0.493 e. The summed E-state index contributed by atoms with van der Waals surface area (Å²) in [6.07, 6.45) is 0.600. The molecule has 20 heavy (non-hydrogen) atoms. The summed E-state index contributed by atoms with van der Waals surface area (Å²) in [6.45, 7) is 4.61. The Hall–Kier alpha value is -1.75. The molecule has 1 fully saturated rings. The zero-order chi connectivity index (χ0) is 14.8. The van der Waals surface area contributed by atoms with Gasteiger partial charge in [0.1, 0.15) is 5.54 Å². The minimum Gasteiger partial charge on any atom is -0.493 e. The summed E-state index contributed by atoms with van der Waals surface area (Å²) in [4.78, 5) is 11.8. The Balaban J connectivity index is 2.17. The minimum atomic E-state index is -0.895. The summed E-state index contributed by atoms with van der Waals surface area (Å²) in [7, 11) is 1.59. The number of ether oxygens (including phenoxy) is 3. The molecule has 0 radical (unpaired) electrons. The third-order valence-corrected chi connectivity index (χ3v) is 3.55. The number of methoxy groups -OCH3 is 1. The molecule has 2 N–H and O–H groups in total. The van der Waals surface area contributed by atoms with E-state index >= 15 is 0 Å². The van der Waals surface area contributed by atoms with Gasteiger partial charge >= 0.3 is 5.97 Å². The van der Waals surface area contributed by atoms with Crippen LogP contribution in [0.15, 0.2) is 18.2 Å². The van der Waals surface area contributed by atoms with Crippen LogP contribution in [0.25, 0.3) is 0 Å². The zero-order valence-corrected chi connectivity index (χ0v) is 12.1. The highest BCUT2D eigenvalue weighted by Crippen LogP contribution is 2.51. The lowest BCUT2D eigenvalue weighted by molar-refractivity contribution is -0.146. The fraction of sp³-hybridized carbons (Fsp3) is 0.533. The van der Waals surface area contributed by atoms with Crippen LogP contribution in [0.3, 0.4) is 0 Å². The molecule has 2 atom stereocenters. The van der Waals surface area contributed by atoms with E-state index in [1.54, 1.807) is 14.0 Å². The van der Waals surface area contributed by atoms with E-state index in [2.05, 4.69) is 0 Å².